The first-order valence-electron chi connectivity index (χ1n) is 9.39. The van der Waals surface area contributed by atoms with Crippen LogP contribution >= 0.6 is 0 Å². The molecule has 0 saturated heterocycles. The minimum Gasteiger partial charge on any atom is -0.441 e. The summed E-state index contributed by atoms with van der Waals surface area (Å²) in [6.07, 6.45) is 3.19. The van der Waals surface area contributed by atoms with Crippen molar-refractivity contribution in [2.24, 2.45) is 0 Å². The highest BCUT2D eigenvalue weighted by atomic mass is 16.4. The molecule has 6 heteroatoms. The number of aromatic amines is 1. The number of carbonyl (C=O) groups excluding carboxylic acids is 1. The number of nitrogens with zero attached hydrogens (tertiary/aromatic N) is 2. The molecule has 28 heavy (non-hydrogen) atoms. The summed E-state index contributed by atoms with van der Waals surface area (Å²) in [5.74, 6) is 2.14. The number of nitrogens with one attached hydrogen (secondary N) is 2. The van der Waals surface area contributed by atoms with E-state index in [2.05, 4.69) is 20.3 Å². The van der Waals surface area contributed by atoms with E-state index in [1.807, 2.05) is 55.5 Å². The molecule has 2 aromatic carbocycles. The van der Waals surface area contributed by atoms with E-state index in [-0.39, 0.29) is 5.91 Å². The summed E-state index contributed by atoms with van der Waals surface area (Å²) in [5.41, 5.74) is 4.14. The van der Waals surface area contributed by atoms with Gasteiger partial charge in [0.1, 0.15) is 5.82 Å². The molecule has 0 aliphatic carbocycles. The van der Waals surface area contributed by atoms with Crippen LogP contribution in [0.5, 0.6) is 0 Å². The monoisotopic (exact) mass is 374 g/mol. The van der Waals surface area contributed by atoms with E-state index >= 15 is 0 Å². The molecule has 0 saturated carbocycles. The molecule has 4 aromatic rings. The Kier molecular flexibility index (Phi) is 5.19. The first-order chi connectivity index (χ1) is 13.7. The number of aromatic nitrogens is 3. The van der Waals surface area contributed by atoms with Gasteiger partial charge in [0, 0.05) is 31.4 Å². The number of carbonyl (C=O) groups is 1. The molecular weight excluding hydrogens is 352 g/mol. The van der Waals surface area contributed by atoms with Crippen LogP contribution in [-0.4, -0.2) is 27.4 Å². The van der Waals surface area contributed by atoms with Gasteiger partial charge in [-0.3, -0.25) is 4.79 Å². The van der Waals surface area contributed by atoms with Crippen molar-refractivity contribution in [3.05, 3.63) is 72.0 Å². The lowest BCUT2D eigenvalue weighted by atomic mass is 10.1. The van der Waals surface area contributed by atoms with Crippen LogP contribution in [0.15, 0.2) is 59.1 Å². The van der Waals surface area contributed by atoms with Crippen LogP contribution in [-0.2, 0) is 17.6 Å². The van der Waals surface area contributed by atoms with Crippen molar-refractivity contribution in [2.45, 2.75) is 26.2 Å². The zero-order valence-electron chi connectivity index (χ0n) is 15.7. The quantitative estimate of drug-likeness (QED) is 0.515. The van der Waals surface area contributed by atoms with Gasteiger partial charge < -0.3 is 14.7 Å². The summed E-state index contributed by atoms with van der Waals surface area (Å²) in [6, 6.07) is 16.0. The van der Waals surface area contributed by atoms with Gasteiger partial charge in [-0.1, -0.05) is 42.0 Å². The smallest absolute Gasteiger partial charge is 0.220 e. The number of rotatable bonds is 7. The molecule has 0 aliphatic heterocycles. The van der Waals surface area contributed by atoms with Crippen LogP contribution in [0, 0.1) is 6.92 Å². The number of fused-ring (bicyclic) bond motifs is 1. The van der Waals surface area contributed by atoms with E-state index in [1.54, 1.807) is 6.20 Å². The number of para-hydroxylation sites is 2. The second kappa shape index (κ2) is 8.08. The van der Waals surface area contributed by atoms with Gasteiger partial charge in [0.25, 0.3) is 0 Å². The summed E-state index contributed by atoms with van der Waals surface area (Å²) < 4.78 is 5.76. The number of amides is 1. The summed E-state index contributed by atoms with van der Waals surface area (Å²) in [5, 5.41) is 2.92. The third-order valence-electron chi connectivity index (χ3n) is 4.58. The molecule has 0 aliphatic rings. The lowest BCUT2D eigenvalue weighted by Crippen LogP contribution is -2.26. The molecular formula is C22H22N4O2. The highest BCUT2D eigenvalue weighted by molar-refractivity contribution is 5.76. The average molecular weight is 374 g/mol. The lowest BCUT2D eigenvalue weighted by molar-refractivity contribution is -0.121. The van der Waals surface area contributed by atoms with E-state index < -0.39 is 0 Å². The van der Waals surface area contributed by atoms with Gasteiger partial charge in [-0.05, 0) is 19.1 Å². The van der Waals surface area contributed by atoms with Gasteiger partial charge >= 0.3 is 0 Å². The molecule has 2 aromatic heterocycles. The Bertz CT molecular complexity index is 1050. The van der Waals surface area contributed by atoms with E-state index in [0.29, 0.717) is 31.7 Å². The SMILES string of the molecule is Cc1ccc(-c2cnc(CCC(=O)NCCc3nc4ccccc4[nH]3)o2)cc1. The minimum absolute atomic E-state index is 0.0220. The summed E-state index contributed by atoms with van der Waals surface area (Å²) in [6.45, 7) is 2.58. The molecule has 6 nitrogen and oxygen atoms in total. The van der Waals surface area contributed by atoms with Crippen molar-refractivity contribution in [3.63, 3.8) is 0 Å². The highest BCUT2D eigenvalue weighted by Gasteiger charge is 2.09. The largest absolute Gasteiger partial charge is 0.441 e. The number of benzene rings is 2. The molecule has 0 radical (unpaired) electrons. The van der Waals surface area contributed by atoms with Gasteiger partial charge in [0.05, 0.1) is 17.2 Å². The second-order valence-corrected chi connectivity index (χ2v) is 6.78. The number of aryl methyl sites for hydroxylation is 2. The van der Waals surface area contributed by atoms with Crippen molar-refractivity contribution in [2.75, 3.05) is 6.54 Å². The van der Waals surface area contributed by atoms with Crippen LogP contribution in [0.25, 0.3) is 22.4 Å². The zero-order valence-corrected chi connectivity index (χ0v) is 15.7. The molecule has 0 atom stereocenters. The van der Waals surface area contributed by atoms with Gasteiger partial charge in [-0.25, -0.2) is 9.97 Å². The summed E-state index contributed by atoms with van der Waals surface area (Å²) >= 11 is 0. The Hall–Kier alpha value is -3.41. The lowest BCUT2D eigenvalue weighted by Gasteiger charge is -2.02. The standard InChI is InChI=1S/C22H22N4O2/c1-15-6-8-16(9-7-15)19-14-24-22(28-19)11-10-21(27)23-13-12-20-25-17-4-2-3-5-18(17)26-20/h2-9,14H,10-13H2,1H3,(H,23,27)(H,25,26). The molecule has 142 valence electrons. The normalized spacial score (nSPS) is 11.0. The summed E-state index contributed by atoms with van der Waals surface area (Å²) in [7, 11) is 0. The minimum atomic E-state index is -0.0220. The van der Waals surface area contributed by atoms with Crippen LogP contribution < -0.4 is 5.32 Å². The van der Waals surface area contributed by atoms with Gasteiger partial charge in [0.15, 0.2) is 11.7 Å². The number of imidazole rings is 1. The number of oxazole rings is 1. The number of hydrogen-bond acceptors (Lipinski definition) is 4. The Morgan fingerprint density at radius 3 is 2.75 bits per heavy atom. The Morgan fingerprint density at radius 2 is 1.93 bits per heavy atom. The molecule has 4 rings (SSSR count). The maximum atomic E-state index is 12.1. The van der Waals surface area contributed by atoms with Crippen LogP contribution in [0.3, 0.4) is 0 Å². The van der Waals surface area contributed by atoms with Gasteiger partial charge in [-0.2, -0.15) is 0 Å². The predicted octanol–water partition coefficient (Wildman–Crippen LogP) is 3.82. The second-order valence-electron chi connectivity index (χ2n) is 6.78. The van der Waals surface area contributed by atoms with E-state index in [4.69, 9.17) is 4.42 Å². The molecule has 0 bridgehead atoms. The number of hydrogen-bond donors (Lipinski definition) is 2. The van der Waals surface area contributed by atoms with Gasteiger partial charge in [0.2, 0.25) is 5.91 Å². The van der Waals surface area contributed by atoms with Crippen molar-refractivity contribution < 1.29 is 9.21 Å². The van der Waals surface area contributed by atoms with Gasteiger partial charge in [-0.15, -0.1) is 0 Å². The van der Waals surface area contributed by atoms with Crippen molar-refractivity contribution in [1.82, 2.24) is 20.3 Å². The predicted molar refractivity (Wildman–Crippen MR) is 108 cm³/mol. The molecule has 2 N–H and O–H groups in total. The van der Waals surface area contributed by atoms with Crippen molar-refractivity contribution in [1.29, 1.82) is 0 Å². The third-order valence-corrected chi connectivity index (χ3v) is 4.58. The van der Waals surface area contributed by atoms with Crippen molar-refractivity contribution in [3.8, 4) is 11.3 Å². The fourth-order valence-electron chi connectivity index (χ4n) is 3.03. The molecule has 1 amide bonds. The Labute approximate surface area is 163 Å². The Balaban J connectivity index is 1.24. The fraction of sp³-hybridized carbons (Fsp3) is 0.227. The highest BCUT2D eigenvalue weighted by Crippen LogP contribution is 2.21. The van der Waals surface area contributed by atoms with E-state index in [9.17, 15) is 4.79 Å². The first-order valence-corrected chi connectivity index (χ1v) is 9.39. The average Bonchev–Trinajstić information content (AvgIpc) is 3.33. The van der Waals surface area contributed by atoms with E-state index in [1.165, 1.54) is 5.56 Å². The zero-order chi connectivity index (χ0) is 19.3. The number of H-pyrrole nitrogens is 1. The molecule has 0 unspecified atom stereocenters. The molecule has 0 spiro atoms. The third kappa shape index (κ3) is 4.28. The topological polar surface area (TPSA) is 83.8 Å². The maximum absolute atomic E-state index is 12.1. The van der Waals surface area contributed by atoms with Crippen LogP contribution in [0.1, 0.15) is 23.7 Å². The van der Waals surface area contributed by atoms with Crippen LogP contribution in [0.2, 0.25) is 0 Å². The summed E-state index contributed by atoms with van der Waals surface area (Å²) in [4.78, 5) is 24.1. The molecule has 2 heterocycles. The van der Waals surface area contributed by atoms with Crippen molar-refractivity contribution >= 4 is 16.9 Å². The Morgan fingerprint density at radius 1 is 1.11 bits per heavy atom. The maximum Gasteiger partial charge on any atom is 0.220 e. The van der Waals surface area contributed by atoms with E-state index in [0.717, 1.165) is 28.2 Å². The van der Waals surface area contributed by atoms with Crippen LogP contribution in [0.4, 0.5) is 0 Å². The fourth-order valence-corrected chi connectivity index (χ4v) is 3.03. The molecule has 0 fully saturated rings. The first kappa shape index (κ1) is 18.0.